The second kappa shape index (κ2) is 5.64. The van der Waals surface area contributed by atoms with Gasteiger partial charge in [-0.2, -0.15) is 0 Å². The van der Waals surface area contributed by atoms with Gasteiger partial charge in [0.1, 0.15) is 0 Å². The van der Waals surface area contributed by atoms with Crippen molar-refractivity contribution in [3.8, 4) is 0 Å². The molecule has 1 aromatic heterocycles. The highest BCUT2D eigenvalue weighted by Gasteiger charge is 2.21. The van der Waals surface area contributed by atoms with Crippen molar-refractivity contribution in [1.29, 1.82) is 0 Å². The van der Waals surface area contributed by atoms with Crippen LogP contribution in [0.5, 0.6) is 0 Å². The zero-order valence-corrected chi connectivity index (χ0v) is 10.1. The molecule has 0 amide bonds. The first-order valence-corrected chi connectivity index (χ1v) is 5.67. The topological polar surface area (TPSA) is 50.2 Å². The monoisotopic (exact) mass is 221 g/mol. The van der Waals surface area contributed by atoms with Crippen LogP contribution in [0.1, 0.15) is 44.0 Å². The molecule has 0 fully saturated rings. The van der Waals surface area contributed by atoms with Gasteiger partial charge in [-0.3, -0.25) is 9.78 Å². The fourth-order valence-electron chi connectivity index (χ4n) is 1.66. The van der Waals surface area contributed by atoms with Crippen LogP contribution in [0.4, 0.5) is 0 Å². The highest BCUT2D eigenvalue weighted by atomic mass is 16.4. The quantitative estimate of drug-likeness (QED) is 0.831. The molecule has 1 N–H and O–H groups in total. The Morgan fingerprint density at radius 1 is 1.38 bits per heavy atom. The molecule has 0 bridgehead atoms. The van der Waals surface area contributed by atoms with Crippen LogP contribution in [-0.4, -0.2) is 16.1 Å². The molecule has 1 atom stereocenters. The summed E-state index contributed by atoms with van der Waals surface area (Å²) >= 11 is 0. The van der Waals surface area contributed by atoms with E-state index in [-0.39, 0.29) is 0 Å². The van der Waals surface area contributed by atoms with E-state index in [1.807, 2.05) is 19.1 Å². The van der Waals surface area contributed by atoms with Gasteiger partial charge in [0.2, 0.25) is 0 Å². The van der Waals surface area contributed by atoms with Gasteiger partial charge in [0.15, 0.2) is 0 Å². The van der Waals surface area contributed by atoms with E-state index in [0.717, 1.165) is 12.1 Å². The first-order chi connectivity index (χ1) is 7.50. The van der Waals surface area contributed by atoms with Gasteiger partial charge in [0, 0.05) is 5.69 Å². The highest BCUT2D eigenvalue weighted by molar-refractivity contribution is 5.75. The minimum atomic E-state index is -0.779. The first kappa shape index (κ1) is 12.7. The van der Waals surface area contributed by atoms with E-state index in [0.29, 0.717) is 18.0 Å². The summed E-state index contributed by atoms with van der Waals surface area (Å²) in [5, 5.41) is 9.19. The molecular weight excluding hydrogens is 202 g/mol. The summed E-state index contributed by atoms with van der Waals surface area (Å²) in [4.78, 5) is 15.5. The van der Waals surface area contributed by atoms with Crippen molar-refractivity contribution in [2.24, 2.45) is 5.92 Å². The molecular formula is C13H19NO2. The molecule has 0 aliphatic heterocycles. The molecule has 1 heterocycles. The Balaban J connectivity index is 2.81. The second-order valence-electron chi connectivity index (χ2n) is 4.57. The summed E-state index contributed by atoms with van der Waals surface area (Å²) in [6.07, 6.45) is 1.57. The molecule has 88 valence electrons. The van der Waals surface area contributed by atoms with Gasteiger partial charge in [-0.15, -0.1) is 0 Å². The fourth-order valence-corrected chi connectivity index (χ4v) is 1.66. The van der Waals surface area contributed by atoms with Crippen molar-refractivity contribution in [1.82, 2.24) is 4.98 Å². The zero-order valence-electron chi connectivity index (χ0n) is 10.1. The van der Waals surface area contributed by atoms with Crippen LogP contribution < -0.4 is 0 Å². The van der Waals surface area contributed by atoms with Crippen LogP contribution >= 0.6 is 0 Å². The third kappa shape index (κ3) is 3.65. The first-order valence-electron chi connectivity index (χ1n) is 5.67. The molecule has 3 nitrogen and oxygen atoms in total. The van der Waals surface area contributed by atoms with Crippen LogP contribution in [0.3, 0.4) is 0 Å². The largest absolute Gasteiger partial charge is 0.481 e. The number of hydrogen-bond acceptors (Lipinski definition) is 2. The second-order valence-corrected chi connectivity index (χ2v) is 4.57. The van der Waals surface area contributed by atoms with E-state index in [2.05, 4.69) is 18.8 Å². The summed E-state index contributed by atoms with van der Waals surface area (Å²) in [7, 11) is 0. The number of carboxylic acids is 1. The van der Waals surface area contributed by atoms with Gasteiger partial charge in [0.05, 0.1) is 11.6 Å². The molecule has 0 aliphatic carbocycles. The summed E-state index contributed by atoms with van der Waals surface area (Å²) in [6.45, 7) is 6.08. The third-order valence-electron chi connectivity index (χ3n) is 2.60. The molecule has 0 saturated carbocycles. The molecule has 0 aromatic carbocycles. The van der Waals surface area contributed by atoms with Gasteiger partial charge in [-0.05, 0) is 37.8 Å². The van der Waals surface area contributed by atoms with Crippen molar-refractivity contribution in [2.75, 3.05) is 0 Å². The van der Waals surface area contributed by atoms with Gasteiger partial charge < -0.3 is 5.11 Å². The zero-order chi connectivity index (χ0) is 12.1. The van der Waals surface area contributed by atoms with E-state index in [1.165, 1.54) is 0 Å². The average molecular weight is 221 g/mol. The Morgan fingerprint density at radius 3 is 2.56 bits per heavy atom. The predicted octanol–water partition coefficient (Wildman–Crippen LogP) is 2.99. The average Bonchev–Trinajstić information content (AvgIpc) is 2.17. The molecule has 1 unspecified atom stereocenters. The Morgan fingerprint density at radius 2 is 2.06 bits per heavy atom. The standard InChI is InChI=1S/C13H19NO2/c1-9(2)7-8-11(13(15)16)12-6-4-5-10(3)14-12/h4-6,9,11H,7-8H2,1-3H3,(H,15,16). The lowest BCUT2D eigenvalue weighted by atomic mass is 9.94. The molecule has 0 radical (unpaired) electrons. The van der Waals surface area contributed by atoms with Crippen LogP contribution in [0, 0.1) is 12.8 Å². The van der Waals surface area contributed by atoms with Crippen molar-refractivity contribution in [3.63, 3.8) is 0 Å². The van der Waals surface area contributed by atoms with Crippen LogP contribution in [0.15, 0.2) is 18.2 Å². The summed E-state index contributed by atoms with van der Waals surface area (Å²) in [5.41, 5.74) is 1.54. The van der Waals surface area contributed by atoms with Crippen molar-refractivity contribution in [3.05, 3.63) is 29.6 Å². The summed E-state index contributed by atoms with van der Waals surface area (Å²) in [5.74, 6) is -0.729. The maximum Gasteiger partial charge on any atom is 0.312 e. The smallest absolute Gasteiger partial charge is 0.312 e. The number of pyridine rings is 1. The molecule has 1 rings (SSSR count). The Hall–Kier alpha value is -1.38. The summed E-state index contributed by atoms with van der Waals surface area (Å²) in [6, 6.07) is 5.54. The molecule has 3 heteroatoms. The van der Waals surface area contributed by atoms with E-state index in [4.69, 9.17) is 0 Å². The summed E-state index contributed by atoms with van der Waals surface area (Å²) < 4.78 is 0. The van der Waals surface area contributed by atoms with Gasteiger partial charge in [0.25, 0.3) is 0 Å². The minimum Gasteiger partial charge on any atom is -0.481 e. The Bertz CT molecular complexity index is 361. The highest BCUT2D eigenvalue weighted by Crippen LogP contribution is 2.22. The normalized spacial score (nSPS) is 12.8. The predicted molar refractivity (Wildman–Crippen MR) is 63.4 cm³/mol. The number of nitrogens with zero attached hydrogens (tertiary/aromatic N) is 1. The molecule has 0 spiro atoms. The molecule has 1 aromatic rings. The van der Waals surface area contributed by atoms with Gasteiger partial charge >= 0.3 is 5.97 Å². The maximum atomic E-state index is 11.2. The van der Waals surface area contributed by atoms with E-state index in [9.17, 15) is 9.90 Å². The van der Waals surface area contributed by atoms with Crippen LogP contribution in [-0.2, 0) is 4.79 Å². The van der Waals surface area contributed by atoms with Gasteiger partial charge in [-0.25, -0.2) is 0 Å². The van der Waals surface area contributed by atoms with E-state index < -0.39 is 11.9 Å². The number of aliphatic carboxylic acids is 1. The van der Waals surface area contributed by atoms with Crippen LogP contribution in [0.25, 0.3) is 0 Å². The number of hydrogen-bond donors (Lipinski definition) is 1. The number of carboxylic acid groups (broad SMARTS) is 1. The van der Waals surface area contributed by atoms with Crippen molar-refractivity contribution >= 4 is 5.97 Å². The lowest BCUT2D eigenvalue weighted by Gasteiger charge is -2.13. The Kier molecular flexibility index (Phi) is 4.47. The fraction of sp³-hybridized carbons (Fsp3) is 0.538. The maximum absolute atomic E-state index is 11.2. The minimum absolute atomic E-state index is 0.470. The lowest BCUT2D eigenvalue weighted by Crippen LogP contribution is -2.14. The number of rotatable bonds is 5. The molecule has 16 heavy (non-hydrogen) atoms. The van der Waals surface area contributed by atoms with Gasteiger partial charge in [-0.1, -0.05) is 19.9 Å². The SMILES string of the molecule is Cc1cccc(C(CCC(C)C)C(=O)O)n1. The third-order valence-corrected chi connectivity index (χ3v) is 2.60. The lowest BCUT2D eigenvalue weighted by molar-refractivity contribution is -0.139. The van der Waals surface area contributed by atoms with Crippen molar-refractivity contribution in [2.45, 2.75) is 39.5 Å². The number of carbonyl (C=O) groups is 1. The number of aromatic nitrogens is 1. The molecule has 0 aliphatic rings. The van der Waals surface area contributed by atoms with E-state index in [1.54, 1.807) is 6.07 Å². The molecule has 0 saturated heterocycles. The number of aryl methyl sites for hydroxylation is 1. The Labute approximate surface area is 96.5 Å². The van der Waals surface area contributed by atoms with E-state index >= 15 is 0 Å². The van der Waals surface area contributed by atoms with Crippen LogP contribution in [0.2, 0.25) is 0 Å². The van der Waals surface area contributed by atoms with Crippen molar-refractivity contribution < 1.29 is 9.90 Å².